The Balaban J connectivity index is 2.62. The second-order valence-electron chi connectivity index (χ2n) is 4.99. The molecule has 0 amide bonds. The summed E-state index contributed by atoms with van der Waals surface area (Å²) in [5.41, 5.74) is 0.461. The topological polar surface area (TPSA) is 34.1 Å². The summed E-state index contributed by atoms with van der Waals surface area (Å²) in [6.45, 7) is 8.75. The fraction of sp³-hybridized carbons (Fsp3) is 0.615. The highest BCUT2D eigenvalue weighted by molar-refractivity contribution is 5.25. The molecule has 1 atom stereocenters. The maximum absolute atomic E-state index is 13.9. The van der Waals surface area contributed by atoms with E-state index in [9.17, 15) is 4.39 Å². The van der Waals surface area contributed by atoms with Gasteiger partial charge in [-0.25, -0.2) is 4.39 Å². The molecule has 17 heavy (non-hydrogen) atoms. The standard InChI is InChI=1S/C13H21FN2O/c1-5-17-11-6-10(7-15-8-11)12(14)9-16-13(2,3)4/h6-8,12,16H,5,9H2,1-4H3. The van der Waals surface area contributed by atoms with Gasteiger partial charge in [-0.2, -0.15) is 0 Å². The lowest BCUT2D eigenvalue weighted by molar-refractivity contribution is 0.288. The van der Waals surface area contributed by atoms with Crippen molar-refractivity contribution in [3.8, 4) is 5.75 Å². The number of nitrogens with one attached hydrogen (secondary N) is 1. The van der Waals surface area contributed by atoms with Crippen molar-refractivity contribution in [2.45, 2.75) is 39.4 Å². The maximum Gasteiger partial charge on any atom is 0.139 e. The Morgan fingerprint density at radius 3 is 2.71 bits per heavy atom. The first kappa shape index (κ1) is 13.9. The van der Waals surface area contributed by atoms with Gasteiger partial charge >= 0.3 is 0 Å². The van der Waals surface area contributed by atoms with Crippen LogP contribution in [-0.2, 0) is 0 Å². The van der Waals surface area contributed by atoms with Crippen molar-refractivity contribution in [3.05, 3.63) is 24.0 Å². The molecular formula is C13H21FN2O. The molecule has 0 aliphatic heterocycles. The van der Waals surface area contributed by atoms with E-state index in [1.54, 1.807) is 12.3 Å². The van der Waals surface area contributed by atoms with Crippen molar-refractivity contribution in [2.75, 3.05) is 13.2 Å². The highest BCUT2D eigenvalue weighted by Crippen LogP contribution is 2.20. The third-order valence-corrected chi connectivity index (χ3v) is 2.22. The number of halogens is 1. The number of ether oxygens (including phenoxy) is 1. The average molecular weight is 240 g/mol. The molecule has 0 aromatic carbocycles. The Morgan fingerprint density at radius 1 is 1.41 bits per heavy atom. The summed E-state index contributed by atoms with van der Waals surface area (Å²) in [4.78, 5) is 3.98. The SMILES string of the molecule is CCOc1cncc(C(F)CNC(C)(C)C)c1. The van der Waals surface area contributed by atoms with E-state index in [2.05, 4.69) is 10.3 Å². The van der Waals surface area contributed by atoms with E-state index in [0.29, 0.717) is 17.9 Å². The fourth-order valence-corrected chi connectivity index (χ4v) is 1.37. The summed E-state index contributed by atoms with van der Waals surface area (Å²) >= 11 is 0. The monoisotopic (exact) mass is 240 g/mol. The lowest BCUT2D eigenvalue weighted by Gasteiger charge is -2.22. The predicted molar refractivity (Wildman–Crippen MR) is 67.0 cm³/mol. The van der Waals surface area contributed by atoms with Crippen LogP contribution in [0.25, 0.3) is 0 Å². The molecule has 3 nitrogen and oxygen atoms in total. The van der Waals surface area contributed by atoms with E-state index < -0.39 is 6.17 Å². The van der Waals surface area contributed by atoms with Crippen molar-refractivity contribution in [1.82, 2.24) is 10.3 Å². The Labute approximate surface area is 102 Å². The largest absolute Gasteiger partial charge is 0.492 e. The third kappa shape index (κ3) is 5.13. The lowest BCUT2D eigenvalue weighted by atomic mass is 10.1. The van der Waals surface area contributed by atoms with Crippen LogP contribution in [0.2, 0.25) is 0 Å². The molecule has 4 heteroatoms. The van der Waals surface area contributed by atoms with Crippen molar-refractivity contribution in [1.29, 1.82) is 0 Å². The van der Waals surface area contributed by atoms with Gasteiger partial charge in [0.25, 0.3) is 0 Å². The first-order valence-corrected chi connectivity index (χ1v) is 5.89. The zero-order chi connectivity index (χ0) is 12.9. The molecular weight excluding hydrogens is 219 g/mol. The van der Waals surface area contributed by atoms with Gasteiger partial charge in [-0.3, -0.25) is 4.98 Å². The van der Waals surface area contributed by atoms with Crippen LogP contribution in [0, 0.1) is 0 Å². The molecule has 0 fully saturated rings. The van der Waals surface area contributed by atoms with E-state index in [0.717, 1.165) is 0 Å². The Morgan fingerprint density at radius 2 is 2.12 bits per heavy atom. The first-order chi connectivity index (χ1) is 7.92. The molecule has 1 unspecified atom stereocenters. The van der Waals surface area contributed by atoms with Gasteiger partial charge in [0.1, 0.15) is 11.9 Å². The average Bonchev–Trinajstić information content (AvgIpc) is 2.26. The van der Waals surface area contributed by atoms with Gasteiger partial charge in [0.05, 0.1) is 12.8 Å². The van der Waals surface area contributed by atoms with Gasteiger partial charge in [0.2, 0.25) is 0 Å². The number of nitrogens with zero attached hydrogens (tertiary/aromatic N) is 1. The molecule has 1 heterocycles. The van der Waals surface area contributed by atoms with E-state index in [-0.39, 0.29) is 12.1 Å². The number of hydrogen-bond donors (Lipinski definition) is 1. The van der Waals surface area contributed by atoms with Gasteiger partial charge in [-0.1, -0.05) is 0 Å². The Bertz CT molecular complexity index is 350. The zero-order valence-corrected chi connectivity index (χ0v) is 11.0. The van der Waals surface area contributed by atoms with E-state index >= 15 is 0 Å². The van der Waals surface area contributed by atoms with E-state index in [4.69, 9.17) is 4.74 Å². The summed E-state index contributed by atoms with van der Waals surface area (Å²) in [7, 11) is 0. The van der Waals surface area contributed by atoms with Gasteiger partial charge in [-0.15, -0.1) is 0 Å². The van der Waals surface area contributed by atoms with E-state index in [1.807, 2.05) is 27.7 Å². The van der Waals surface area contributed by atoms with E-state index in [1.165, 1.54) is 6.20 Å². The highest BCUT2D eigenvalue weighted by Gasteiger charge is 2.15. The quantitative estimate of drug-likeness (QED) is 0.859. The minimum atomic E-state index is -1.07. The summed E-state index contributed by atoms with van der Waals surface area (Å²) in [5.74, 6) is 0.614. The Hall–Kier alpha value is -1.16. The smallest absolute Gasteiger partial charge is 0.139 e. The molecule has 1 N–H and O–H groups in total. The molecule has 1 aromatic heterocycles. The summed E-state index contributed by atoms with van der Waals surface area (Å²) in [5, 5.41) is 3.13. The van der Waals surface area contributed by atoms with Crippen LogP contribution < -0.4 is 10.1 Å². The predicted octanol–water partition coefficient (Wildman–Crippen LogP) is 2.88. The second-order valence-corrected chi connectivity index (χ2v) is 4.99. The molecule has 0 saturated heterocycles. The van der Waals surface area contributed by atoms with Crippen molar-refractivity contribution >= 4 is 0 Å². The molecule has 1 aromatic rings. The van der Waals surface area contributed by atoms with Crippen LogP contribution in [0.1, 0.15) is 39.4 Å². The van der Waals surface area contributed by atoms with Crippen LogP contribution in [-0.4, -0.2) is 23.7 Å². The molecule has 0 bridgehead atoms. The lowest BCUT2D eigenvalue weighted by Crippen LogP contribution is -2.37. The summed E-state index contributed by atoms with van der Waals surface area (Å²) < 4.78 is 19.2. The van der Waals surface area contributed by atoms with Crippen LogP contribution in [0.4, 0.5) is 4.39 Å². The van der Waals surface area contributed by atoms with Gasteiger partial charge in [0, 0.05) is 23.8 Å². The highest BCUT2D eigenvalue weighted by atomic mass is 19.1. The summed E-state index contributed by atoms with van der Waals surface area (Å²) in [6, 6.07) is 1.70. The van der Waals surface area contributed by atoms with Crippen LogP contribution in [0.15, 0.2) is 18.5 Å². The van der Waals surface area contributed by atoms with Crippen molar-refractivity contribution < 1.29 is 9.13 Å². The fourth-order valence-electron chi connectivity index (χ4n) is 1.37. The minimum Gasteiger partial charge on any atom is -0.492 e. The van der Waals surface area contributed by atoms with Gasteiger partial charge in [-0.05, 0) is 33.8 Å². The molecule has 0 radical (unpaired) electrons. The normalized spacial score (nSPS) is 13.5. The van der Waals surface area contributed by atoms with Crippen LogP contribution in [0.5, 0.6) is 5.75 Å². The maximum atomic E-state index is 13.9. The third-order valence-electron chi connectivity index (χ3n) is 2.22. The molecule has 0 spiro atoms. The zero-order valence-electron chi connectivity index (χ0n) is 11.0. The van der Waals surface area contributed by atoms with Crippen molar-refractivity contribution in [2.24, 2.45) is 0 Å². The van der Waals surface area contributed by atoms with Crippen molar-refractivity contribution in [3.63, 3.8) is 0 Å². The minimum absolute atomic E-state index is 0.0880. The summed E-state index contributed by atoms with van der Waals surface area (Å²) in [6.07, 6.45) is 2.07. The van der Waals surface area contributed by atoms with Crippen LogP contribution in [0.3, 0.4) is 0 Å². The number of alkyl halides is 1. The first-order valence-electron chi connectivity index (χ1n) is 5.89. The number of rotatable bonds is 5. The van der Waals surface area contributed by atoms with Gasteiger partial charge in [0.15, 0.2) is 0 Å². The molecule has 0 aliphatic rings. The number of pyridine rings is 1. The number of aromatic nitrogens is 1. The second kappa shape index (κ2) is 5.96. The molecule has 0 aliphatic carbocycles. The van der Waals surface area contributed by atoms with Gasteiger partial charge < -0.3 is 10.1 Å². The molecule has 96 valence electrons. The van der Waals surface area contributed by atoms with Crippen LogP contribution >= 0.6 is 0 Å². The number of hydrogen-bond acceptors (Lipinski definition) is 3. The molecule has 0 saturated carbocycles. The molecule has 1 rings (SSSR count). The Kier molecular flexibility index (Phi) is 4.87.